The molecule has 0 unspecified atom stereocenters. The normalized spacial score (nSPS) is 11.1. The molecule has 0 radical (unpaired) electrons. The van der Waals surface area contributed by atoms with Gasteiger partial charge in [-0.1, -0.05) is 45.9 Å². The van der Waals surface area contributed by atoms with Crippen LogP contribution in [0.3, 0.4) is 0 Å². The summed E-state index contributed by atoms with van der Waals surface area (Å²) in [6.07, 6.45) is 1.61. The maximum absolute atomic E-state index is 12.6. The third-order valence-electron chi connectivity index (χ3n) is 4.08. The van der Waals surface area contributed by atoms with Crippen molar-refractivity contribution < 1.29 is 14.3 Å². The molecule has 0 saturated heterocycles. The smallest absolute Gasteiger partial charge is 0.262 e. The number of rotatable bonds is 8. The zero-order valence-electron chi connectivity index (χ0n) is 17.1. The van der Waals surface area contributed by atoms with Gasteiger partial charge in [-0.3, -0.25) is 4.79 Å². The predicted molar refractivity (Wildman–Crippen MR) is 109 cm³/mol. The molecule has 1 aromatic carbocycles. The number of nitrogens with zero attached hydrogens (tertiary/aromatic N) is 1. The highest BCUT2D eigenvalue weighted by molar-refractivity contribution is 5.93. The van der Waals surface area contributed by atoms with Gasteiger partial charge in [0.15, 0.2) is 12.4 Å². The van der Waals surface area contributed by atoms with Crippen molar-refractivity contribution in [3.63, 3.8) is 0 Å². The summed E-state index contributed by atoms with van der Waals surface area (Å²) >= 11 is 0. The van der Waals surface area contributed by atoms with Crippen molar-refractivity contribution in [2.45, 2.75) is 59.5 Å². The van der Waals surface area contributed by atoms with Crippen LogP contribution >= 0.6 is 0 Å². The summed E-state index contributed by atoms with van der Waals surface area (Å²) < 4.78 is 11.3. The van der Waals surface area contributed by atoms with Crippen molar-refractivity contribution in [3.05, 3.63) is 47.7 Å². The van der Waals surface area contributed by atoms with Crippen molar-refractivity contribution in [2.75, 3.05) is 11.9 Å². The summed E-state index contributed by atoms with van der Waals surface area (Å²) in [4.78, 5) is 16.7. The van der Waals surface area contributed by atoms with Gasteiger partial charge in [0.1, 0.15) is 0 Å². The largest absolute Gasteiger partial charge is 0.478 e. The molecule has 0 saturated carbocycles. The third-order valence-corrected chi connectivity index (χ3v) is 4.08. The number of hydrogen-bond acceptors (Lipinski definition) is 4. The van der Waals surface area contributed by atoms with E-state index in [2.05, 4.69) is 50.1 Å². The minimum absolute atomic E-state index is 0.0254. The third kappa shape index (κ3) is 5.71. The quantitative estimate of drug-likeness (QED) is 0.699. The predicted octanol–water partition coefficient (Wildman–Crippen LogP) is 5.13. The number of ether oxygens (including phenoxy) is 2. The fourth-order valence-electron chi connectivity index (χ4n) is 2.81. The second-order valence-electron chi connectivity index (χ2n) is 7.43. The summed E-state index contributed by atoms with van der Waals surface area (Å²) in [7, 11) is 0. The standard InChI is InChI=1S/C22H30N2O3/c1-14(2)17-9-7-10-18(15(3)4)21(17)24-20(25)13-26-19-11-8-12-23-22(19)27-16(5)6/h7-12,14-16H,13H2,1-6H3,(H,24,25). The molecule has 1 heterocycles. The highest BCUT2D eigenvalue weighted by Gasteiger charge is 2.17. The van der Waals surface area contributed by atoms with Gasteiger partial charge in [-0.15, -0.1) is 0 Å². The van der Waals surface area contributed by atoms with E-state index in [1.165, 1.54) is 0 Å². The van der Waals surface area contributed by atoms with Gasteiger partial charge >= 0.3 is 0 Å². The van der Waals surface area contributed by atoms with E-state index in [4.69, 9.17) is 9.47 Å². The zero-order valence-corrected chi connectivity index (χ0v) is 17.1. The average molecular weight is 370 g/mol. The number of benzene rings is 1. The lowest BCUT2D eigenvalue weighted by Gasteiger charge is -2.20. The summed E-state index contributed by atoms with van der Waals surface area (Å²) in [6.45, 7) is 12.2. The summed E-state index contributed by atoms with van der Waals surface area (Å²) in [5, 5.41) is 3.05. The lowest BCUT2D eigenvalue weighted by Crippen LogP contribution is -2.22. The van der Waals surface area contributed by atoms with Crippen molar-refractivity contribution >= 4 is 11.6 Å². The van der Waals surface area contributed by atoms with Crippen LogP contribution in [0.15, 0.2) is 36.5 Å². The minimum Gasteiger partial charge on any atom is -0.478 e. The Bertz CT molecular complexity index is 744. The average Bonchev–Trinajstić information content (AvgIpc) is 2.60. The van der Waals surface area contributed by atoms with Crippen molar-refractivity contribution in [1.29, 1.82) is 0 Å². The van der Waals surface area contributed by atoms with Gasteiger partial charge < -0.3 is 14.8 Å². The van der Waals surface area contributed by atoms with Crippen LogP contribution in [0.25, 0.3) is 0 Å². The number of amides is 1. The number of carbonyl (C=O) groups is 1. The second kappa shape index (κ2) is 9.40. The Balaban J connectivity index is 2.13. The molecule has 146 valence electrons. The molecule has 1 amide bonds. The molecule has 5 heteroatoms. The number of pyridine rings is 1. The molecule has 1 aromatic heterocycles. The fraction of sp³-hybridized carbons (Fsp3) is 0.455. The van der Waals surface area contributed by atoms with Crippen LogP contribution in [0, 0.1) is 0 Å². The molecule has 0 aliphatic heterocycles. The first-order chi connectivity index (χ1) is 12.8. The first-order valence-corrected chi connectivity index (χ1v) is 9.46. The van der Waals surface area contributed by atoms with E-state index in [9.17, 15) is 4.79 Å². The summed E-state index contributed by atoms with van der Waals surface area (Å²) in [5.41, 5.74) is 3.14. The Hall–Kier alpha value is -2.56. The van der Waals surface area contributed by atoms with Gasteiger partial charge in [0.2, 0.25) is 0 Å². The molecule has 5 nitrogen and oxygen atoms in total. The highest BCUT2D eigenvalue weighted by Crippen LogP contribution is 2.32. The Morgan fingerprint density at radius 1 is 1.00 bits per heavy atom. The first kappa shape index (κ1) is 20.7. The fourth-order valence-corrected chi connectivity index (χ4v) is 2.81. The lowest BCUT2D eigenvalue weighted by atomic mass is 9.92. The van der Waals surface area contributed by atoms with Crippen LogP contribution in [-0.2, 0) is 4.79 Å². The highest BCUT2D eigenvalue weighted by atomic mass is 16.5. The molecule has 0 spiro atoms. The second-order valence-corrected chi connectivity index (χ2v) is 7.43. The number of anilines is 1. The Kier molecular flexibility index (Phi) is 7.22. The molecule has 0 aliphatic rings. The number of aromatic nitrogens is 1. The van der Waals surface area contributed by atoms with Crippen LogP contribution in [0.2, 0.25) is 0 Å². The molecule has 2 rings (SSSR count). The lowest BCUT2D eigenvalue weighted by molar-refractivity contribution is -0.118. The zero-order chi connectivity index (χ0) is 20.0. The monoisotopic (exact) mass is 370 g/mol. The SMILES string of the molecule is CC(C)Oc1ncccc1OCC(=O)Nc1c(C(C)C)cccc1C(C)C. The van der Waals surface area contributed by atoms with Crippen molar-refractivity contribution in [3.8, 4) is 11.6 Å². The Morgan fingerprint density at radius 3 is 2.19 bits per heavy atom. The molecule has 2 aromatic rings. The Morgan fingerprint density at radius 2 is 1.63 bits per heavy atom. The van der Waals surface area contributed by atoms with Crippen LogP contribution in [0.5, 0.6) is 11.6 Å². The van der Waals surface area contributed by atoms with E-state index in [0.717, 1.165) is 16.8 Å². The molecule has 0 aliphatic carbocycles. The van der Waals surface area contributed by atoms with E-state index in [1.807, 2.05) is 19.9 Å². The van der Waals surface area contributed by atoms with Crippen LogP contribution < -0.4 is 14.8 Å². The van der Waals surface area contributed by atoms with E-state index < -0.39 is 0 Å². The van der Waals surface area contributed by atoms with Crippen LogP contribution in [0.4, 0.5) is 5.69 Å². The van der Waals surface area contributed by atoms with Crippen molar-refractivity contribution in [2.24, 2.45) is 0 Å². The van der Waals surface area contributed by atoms with E-state index in [0.29, 0.717) is 23.5 Å². The van der Waals surface area contributed by atoms with E-state index in [-0.39, 0.29) is 18.6 Å². The maximum Gasteiger partial charge on any atom is 0.262 e. The van der Waals surface area contributed by atoms with Gasteiger partial charge in [0.05, 0.1) is 6.10 Å². The van der Waals surface area contributed by atoms with Crippen molar-refractivity contribution in [1.82, 2.24) is 4.98 Å². The molecule has 0 fully saturated rings. The maximum atomic E-state index is 12.6. The molecular weight excluding hydrogens is 340 g/mol. The van der Waals surface area contributed by atoms with Gasteiger partial charge in [-0.05, 0) is 48.9 Å². The summed E-state index contributed by atoms with van der Waals surface area (Å²) in [6, 6.07) is 9.67. The summed E-state index contributed by atoms with van der Waals surface area (Å²) in [5.74, 6) is 1.27. The molecule has 1 N–H and O–H groups in total. The van der Waals surface area contributed by atoms with Gasteiger partial charge in [-0.25, -0.2) is 4.98 Å². The van der Waals surface area contributed by atoms with Gasteiger partial charge in [0.25, 0.3) is 11.8 Å². The van der Waals surface area contributed by atoms with Gasteiger partial charge in [0, 0.05) is 11.9 Å². The molecule has 0 atom stereocenters. The topological polar surface area (TPSA) is 60.5 Å². The van der Waals surface area contributed by atoms with Gasteiger partial charge in [-0.2, -0.15) is 0 Å². The first-order valence-electron chi connectivity index (χ1n) is 9.46. The van der Waals surface area contributed by atoms with E-state index in [1.54, 1.807) is 18.3 Å². The van der Waals surface area contributed by atoms with Crippen LogP contribution in [0.1, 0.15) is 64.5 Å². The number of para-hydroxylation sites is 1. The number of carbonyl (C=O) groups excluding carboxylic acids is 1. The van der Waals surface area contributed by atoms with E-state index >= 15 is 0 Å². The Labute approximate surface area is 162 Å². The van der Waals surface area contributed by atoms with Crippen LogP contribution in [-0.4, -0.2) is 23.6 Å². The number of hydrogen-bond donors (Lipinski definition) is 1. The molecular formula is C22H30N2O3. The molecule has 27 heavy (non-hydrogen) atoms. The minimum atomic E-state index is -0.204. The number of nitrogens with one attached hydrogen (secondary N) is 1. The molecule has 0 bridgehead atoms.